The maximum atomic E-state index is 3.27. The topological polar surface area (TPSA) is 22.3 Å². The van der Waals surface area contributed by atoms with Gasteiger partial charge in [0.25, 0.3) is 0 Å². The highest BCUT2D eigenvalue weighted by Crippen LogP contribution is 2.13. The van der Waals surface area contributed by atoms with Gasteiger partial charge in [-0.2, -0.15) is 0 Å². The summed E-state index contributed by atoms with van der Waals surface area (Å²) in [5.41, 5.74) is 4.10. The molecule has 0 atom stereocenters. The van der Waals surface area contributed by atoms with Crippen LogP contribution in [-0.4, -0.2) is 49.0 Å². The lowest BCUT2D eigenvalue weighted by Gasteiger charge is -2.19. The molecule has 1 N–H and O–H groups in total. The molecule has 0 saturated heterocycles. The van der Waals surface area contributed by atoms with E-state index in [1.54, 1.807) is 0 Å². The van der Waals surface area contributed by atoms with E-state index in [1.807, 2.05) is 0 Å². The number of aromatic amines is 1. The van der Waals surface area contributed by atoms with Crippen LogP contribution < -0.4 is 0 Å². The fourth-order valence-electron chi connectivity index (χ4n) is 1.65. The first kappa shape index (κ1) is 12.3. The third-order valence-electron chi connectivity index (χ3n) is 2.79. The summed E-state index contributed by atoms with van der Waals surface area (Å²) >= 11 is 0. The quantitative estimate of drug-likeness (QED) is 0.796. The number of nitrogens with one attached hydrogen (secondary N) is 1. The molecule has 1 aromatic heterocycles. The molecule has 0 amide bonds. The number of aryl methyl sites for hydroxylation is 2. The van der Waals surface area contributed by atoms with E-state index >= 15 is 0 Å². The summed E-state index contributed by atoms with van der Waals surface area (Å²) in [5.74, 6) is 0. The lowest BCUT2D eigenvalue weighted by Crippen LogP contribution is -2.28. The zero-order chi connectivity index (χ0) is 11.4. The number of rotatable bonds is 5. The van der Waals surface area contributed by atoms with Crippen LogP contribution in [0.15, 0.2) is 6.20 Å². The van der Waals surface area contributed by atoms with Gasteiger partial charge in [0.15, 0.2) is 0 Å². The van der Waals surface area contributed by atoms with Crippen molar-refractivity contribution in [1.82, 2.24) is 14.8 Å². The molecule has 0 fully saturated rings. The zero-order valence-corrected chi connectivity index (χ0v) is 10.6. The Morgan fingerprint density at radius 3 is 2.27 bits per heavy atom. The summed E-state index contributed by atoms with van der Waals surface area (Å²) in [7, 11) is 6.40. The van der Waals surface area contributed by atoms with E-state index in [1.165, 1.54) is 16.8 Å². The summed E-state index contributed by atoms with van der Waals surface area (Å²) < 4.78 is 0. The molecule has 3 nitrogen and oxygen atoms in total. The number of aromatic nitrogens is 1. The van der Waals surface area contributed by atoms with Crippen LogP contribution in [0.1, 0.15) is 16.8 Å². The fraction of sp³-hybridized carbons (Fsp3) is 0.667. The fourth-order valence-corrected chi connectivity index (χ4v) is 1.65. The molecule has 3 heteroatoms. The molecular formula is C12H23N3. The molecule has 15 heavy (non-hydrogen) atoms. The van der Waals surface area contributed by atoms with Crippen molar-refractivity contribution >= 4 is 0 Å². The Morgan fingerprint density at radius 1 is 1.13 bits per heavy atom. The van der Waals surface area contributed by atoms with Gasteiger partial charge in [-0.15, -0.1) is 0 Å². The zero-order valence-electron chi connectivity index (χ0n) is 10.6. The molecule has 0 aromatic carbocycles. The first-order valence-electron chi connectivity index (χ1n) is 5.47. The van der Waals surface area contributed by atoms with Crippen molar-refractivity contribution < 1.29 is 0 Å². The van der Waals surface area contributed by atoms with Gasteiger partial charge in [0.05, 0.1) is 0 Å². The van der Waals surface area contributed by atoms with Crippen LogP contribution in [0, 0.1) is 13.8 Å². The van der Waals surface area contributed by atoms with Gasteiger partial charge in [0.1, 0.15) is 0 Å². The van der Waals surface area contributed by atoms with Gasteiger partial charge in [-0.1, -0.05) is 0 Å². The molecule has 0 unspecified atom stereocenters. The van der Waals surface area contributed by atoms with Gasteiger partial charge < -0.3 is 14.8 Å². The molecule has 1 rings (SSSR count). The average Bonchev–Trinajstić information content (AvgIpc) is 2.46. The largest absolute Gasteiger partial charge is 0.365 e. The van der Waals surface area contributed by atoms with Crippen molar-refractivity contribution in [2.24, 2.45) is 0 Å². The number of hydrogen-bond donors (Lipinski definition) is 1. The smallest absolute Gasteiger partial charge is 0.0251 e. The van der Waals surface area contributed by atoms with Crippen LogP contribution >= 0.6 is 0 Å². The highest BCUT2D eigenvalue weighted by molar-refractivity contribution is 5.28. The Kier molecular flexibility index (Phi) is 4.36. The minimum atomic E-state index is 1.04. The summed E-state index contributed by atoms with van der Waals surface area (Å²) in [6.07, 6.45) is 2.09. The van der Waals surface area contributed by atoms with E-state index in [2.05, 4.69) is 56.0 Å². The summed E-state index contributed by atoms with van der Waals surface area (Å²) in [4.78, 5) is 7.85. The van der Waals surface area contributed by atoms with Crippen LogP contribution in [0.25, 0.3) is 0 Å². The molecule has 1 heterocycles. The van der Waals surface area contributed by atoms with Crippen molar-refractivity contribution in [3.05, 3.63) is 23.0 Å². The molecule has 0 aliphatic carbocycles. The molecular weight excluding hydrogens is 186 g/mol. The van der Waals surface area contributed by atoms with E-state index < -0.39 is 0 Å². The van der Waals surface area contributed by atoms with Gasteiger partial charge in [-0.25, -0.2) is 0 Å². The highest BCUT2D eigenvalue weighted by atomic mass is 15.1. The Bertz CT molecular complexity index is 282. The monoisotopic (exact) mass is 209 g/mol. The van der Waals surface area contributed by atoms with Crippen molar-refractivity contribution in [3.8, 4) is 0 Å². The third kappa shape index (κ3) is 3.68. The minimum Gasteiger partial charge on any atom is -0.365 e. The average molecular weight is 209 g/mol. The first-order chi connectivity index (χ1) is 7.00. The van der Waals surface area contributed by atoms with Crippen molar-refractivity contribution in [1.29, 1.82) is 0 Å². The molecule has 0 aliphatic rings. The van der Waals surface area contributed by atoms with Crippen LogP contribution in [0.4, 0.5) is 0 Å². The van der Waals surface area contributed by atoms with Crippen molar-refractivity contribution in [2.45, 2.75) is 20.4 Å². The first-order valence-corrected chi connectivity index (χ1v) is 5.47. The van der Waals surface area contributed by atoms with Gasteiger partial charge in [0, 0.05) is 31.5 Å². The number of nitrogens with zero attached hydrogens (tertiary/aromatic N) is 2. The second kappa shape index (κ2) is 5.33. The molecule has 0 aliphatic heterocycles. The summed E-state index contributed by atoms with van der Waals surface area (Å²) in [6.45, 7) is 7.56. The number of likely N-dealkylation sites (N-methyl/N-ethyl adjacent to an activating group) is 2. The van der Waals surface area contributed by atoms with Crippen LogP contribution in [-0.2, 0) is 6.54 Å². The lowest BCUT2D eigenvalue weighted by molar-refractivity contribution is 0.275. The predicted octanol–water partition coefficient (Wildman–Crippen LogP) is 1.62. The SMILES string of the molecule is Cc1c[nH]c(C)c1CN(C)CCN(C)C. The van der Waals surface area contributed by atoms with E-state index in [0.717, 1.165) is 19.6 Å². The maximum Gasteiger partial charge on any atom is 0.0251 e. The molecule has 0 radical (unpaired) electrons. The van der Waals surface area contributed by atoms with Crippen molar-refractivity contribution in [2.75, 3.05) is 34.2 Å². The van der Waals surface area contributed by atoms with Gasteiger partial charge in [-0.05, 0) is 46.1 Å². The second-order valence-electron chi connectivity index (χ2n) is 4.62. The van der Waals surface area contributed by atoms with Gasteiger partial charge in [-0.3, -0.25) is 0 Å². The van der Waals surface area contributed by atoms with E-state index in [4.69, 9.17) is 0 Å². The van der Waals surface area contributed by atoms with Crippen LogP contribution in [0.3, 0.4) is 0 Å². The molecule has 1 aromatic rings. The molecule has 0 bridgehead atoms. The van der Waals surface area contributed by atoms with Crippen molar-refractivity contribution in [3.63, 3.8) is 0 Å². The predicted molar refractivity (Wildman–Crippen MR) is 65.2 cm³/mol. The number of hydrogen-bond acceptors (Lipinski definition) is 2. The molecule has 86 valence electrons. The normalized spacial score (nSPS) is 11.7. The Balaban J connectivity index is 2.47. The van der Waals surface area contributed by atoms with Crippen LogP contribution in [0.2, 0.25) is 0 Å². The standard InChI is InChI=1S/C12H23N3/c1-10-8-13-11(2)12(10)9-15(5)7-6-14(3)4/h8,13H,6-7,9H2,1-5H3. The Morgan fingerprint density at radius 2 is 1.80 bits per heavy atom. The molecule has 0 saturated carbocycles. The van der Waals surface area contributed by atoms with Crippen LogP contribution in [0.5, 0.6) is 0 Å². The summed E-state index contributed by atoms with van der Waals surface area (Å²) in [6, 6.07) is 0. The second-order valence-corrected chi connectivity index (χ2v) is 4.62. The van der Waals surface area contributed by atoms with E-state index in [9.17, 15) is 0 Å². The summed E-state index contributed by atoms with van der Waals surface area (Å²) in [5, 5.41) is 0. The third-order valence-corrected chi connectivity index (χ3v) is 2.79. The number of H-pyrrole nitrogens is 1. The van der Waals surface area contributed by atoms with E-state index in [-0.39, 0.29) is 0 Å². The Hall–Kier alpha value is -0.800. The maximum absolute atomic E-state index is 3.27. The lowest BCUT2D eigenvalue weighted by atomic mass is 10.1. The van der Waals surface area contributed by atoms with Gasteiger partial charge in [0.2, 0.25) is 0 Å². The Labute approximate surface area is 93.1 Å². The highest BCUT2D eigenvalue weighted by Gasteiger charge is 2.07. The molecule has 0 spiro atoms. The minimum absolute atomic E-state index is 1.04. The van der Waals surface area contributed by atoms with Gasteiger partial charge >= 0.3 is 0 Å². The van der Waals surface area contributed by atoms with E-state index in [0.29, 0.717) is 0 Å².